The summed E-state index contributed by atoms with van der Waals surface area (Å²) >= 11 is 0. The van der Waals surface area contributed by atoms with Crippen LogP contribution in [-0.4, -0.2) is 28.6 Å². The first-order valence-electron chi connectivity index (χ1n) is 5.03. The van der Waals surface area contributed by atoms with Crippen LogP contribution in [0.4, 0.5) is 5.95 Å². The molecule has 0 fully saturated rings. The quantitative estimate of drug-likeness (QED) is 0.886. The monoisotopic (exact) mass is 265 g/mol. The molecular formula is C10H11N5O2S. The van der Waals surface area contributed by atoms with E-state index in [1.165, 1.54) is 18.3 Å². The summed E-state index contributed by atoms with van der Waals surface area (Å²) in [4.78, 5) is 1.20. The van der Waals surface area contributed by atoms with E-state index in [1.54, 1.807) is 12.1 Å². The van der Waals surface area contributed by atoms with Crippen molar-refractivity contribution in [1.82, 2.24) is 20.2 Å². The predicted molar refractivity (Wildman–Crippen MR) is 66.2 cm³/mol. The molecule has 0 aliphatic carbocycles. The van der Waals surface area contributed by atoms with Crippen LogP contribution in [0.15, 0.2) is 35.7 Å². The third kappa shape index (κ3) is 2.54. The van der Waals surface area contributed by atoms with Gasteiger partial charge in [0.15, 0.2) is 0 Å². The number of hydrogen-bond donors (Lipinski definition) is 1. The zero-order valence-corrected chi connectivity index (χ0v) is 10.4. The molecule has 2 aromatic rings. The lowest BCUT2D eigenvalue weighted by molar-refractivity contribution is 0.601. The van der Waals surface area contributed by atoms with Crippen molar-refractivity contribution in [2.24, 2.45) is 0 Å². The van der Waals surface area contributed by atoms with Gasteiger partial charge in [0.05, 0.1) is 4.90 Å². The molecule has 8 heteroatoms. The van der Waals surface area contributed by atoms with Crippen LogP contribution >= 0.6 is 0 Å². The molecule has 0 atom stereocenters. The normalized spacial score (nSPS) is 11.2. The highest BCUT2D eigenvalue weighted by atomic mass is 32.2. The molecular weight excluding hydrogens is 254 g/mol. The summed E-state index contributed by atoms with van der Waals surface area (Å²) in [6.45, 7) is 5.31. The van der Waals surface area contributed by atoms with Crippen LogP contribution in [0.25, 0.3) is 6.20 Å². The topological polar surface area (TPSA) is 89.8 Å². The van der Waals surface area contributed by atoms with Gasteiger partial charge in [0.1, 0.15) is 0 Å². The first-order chi connectivity index (χ1) is 8.51. The third-order valence-electron chi connectivity index (χ3n) is 2.15. The van der Waals surface area contributed by atoms with Crippen molar-refractivity contribution in [2.45, 2.75) is 11.8 Å². The van der Waals surface area contributed by atoms with Crippen LogP contribution in [0.5, 0.6) is 0 Å². The second-order valence-corrected chi connectivity index (χ2v) is 5.22. The van der Waals surface area contributed by atoms with Gasteiger partial charge < -0.3 is 0 Å². The average molecular weight is 265 g/mol. The minimum atomic E-state index is -3.69. The molecule has 94 valence electrons. The van der Waals surface area contributed by atoms with Gasteiger partial charge in [0.2, 0.25) is 0 Å². The Morgan fingerprint density at radius 1 is 1.33 bits per heavy atom. The van der Waals surface area contributed by atoms with E-state index in [0.29, 0.717) is 0 Å². The maximum absolute atomic E-state index is 12.0. The molecule has 0 bridgehead atoms. The Morgan fingerprint density at radius 3 is 2.56 bits per heavy atom. The molecule has 0 spiro atoms. The van der Waals surface area contributed by atoms with Gasteiger partial charge in [-0.05, 0) is 24.3 Å². The predicted octanol–water partition coefficient (Wildman–Crippen LogP) is 0.883. The lowest BCUT2D eigenvalue weighted by Crippen LogP contribution is -2.14. The lowest BCUT2D eigenvalue weighted by Gasteiger charge is -2.03. The molecule has 1 N–H and O–H groups in total. The highest BCUT2D eigenvalue weighted by Crippen LogP contribution is 2.13. The summed E-state index contributed by atoms with van der Waals surface area (Å²) in [5.41, 5.74) is 0.977. The van der Waals surface area contributed by atoms with E-state index in [4.69, 9.17) is 0 Å². The van der Waals surface area contributed by atoms with Gasteiger partial charge in [-0.15, -0.1) is 9.90 Å². The average Bonchev–Trinajstić information content (AvgIpc) is 2.76. The van der Waals surface area contributed by atoms with Crippen LogP contribution in [0.1, 0.15) is 5.56 Å². The first kappa shape index (κ1) is 12.2. The zero-order valence-electron chi connectivity index (χ0n) is 9.61. The fraction of sp³-hybridized carbons (Fsp3) is 0.100. The number of aromatic nitrogens is 4. The second-order valence-electron chi connectivity index (χ2n) is 3.53. The van der Waals surface area contributed by atoms with Crippen molar-refractivity contribution >= 4 is 22.2 Å². The van der Waals surface area contributed by atoms with Crippen LogP contribution in [0, 0.1) is 6.92 Å². The highest BCUT2D eigenvalue weighted by Gasteiger charge is 2.16. The van der Waals surface area contributed by atoms with E-state index in [2.05, 4.69) is 26.7 Å². The smallest absolute Gasteiger partial charge is 0.245 e. The number of nitrogens with one attached hydrogen (secondary N) is 1. The van der Waals surface area contributed by atoms with Crippen molar-refractivity contribution in [3.05, 3.63) is 36.4 Å². The van der Waals surface area contributed by atoms with Gasteiger partial charge in [0, 0.05) is 6.20 Å². The maximum atomic E-state index is 12.0. The highest BCUT2D eigenvalue weighted by molar-refractivity contribution is 7.92. The van der Waals surface area contributed by atoms with Gasteiger partial charge in [-0.1, -0.05) is 29.4 Å². The molecule has 0 aliphatic heterocycles. The lowest BCUT2D eigenvalue weighted by atomic mass is 10.2. The maximum Gasteiger partial charge on any atom is 0.277 e. The minimum absolute atomic E-state index is 0.101. The van der Waals surface area contributed by atoms with E-state index >= 15 is 0 Å². The molecule has 0 unspecified atom stereocenters. The Kier molecular flexibility index (Phi) is 3.11. The zero-order chi connectivity index (χ0) is 13.2. The van der Waals surface area contributed by atoms with E-state index in [0.717, 1.165) is 10.4 Å². The Morgan fingerprint density at radius 2 is 2.00 bits per heavy atom. The van der Waals surface area contributed by atoms with Crippen LogP contribution in [0.2, 0.25) is 0 Å². The summed E-state index contributed by atoms with van der Waals surface area (Å²) in [7, 11) is -3.69. The van der Waals surface area contributed by atoms with Crippen molar-refractivity contribution in [2.75, 3.05) is 4.72 Å². The number of anilines is 1. The first-order valence-corrected chi connectivity index (χ1v) is 6.51. The third-order valence-corrected chi connectivity index (χ3v) is 3.49. The van der Waals surface area contributed by atoms with Crippen molar-refractivity contribution in [3.63, 3.8) is 0 Å². The van der Waals surface area contributed by atoms with E-state index < -0.39 is 10.0 Å². The van der Waals surface area contributed by atoms with Gasteiger partial charge in [-0.3, -0.25) is 0 Å². The largest absolute Gasteiger partial charge is 0.277 e. The number of rotatable bonds is 4. The Bertz CT molecular complexity index is 660. The van der Waals surface area contributed by atoms with E-state index in [1.807, 2.05) is 6.92 Å². The number of benzene rings is 1. The molecule has 0 amide bonds. The summed E-state index contributed by atoms with van der Waals surface area (Å²) in [6, 6.07) is 6.44. The molecule has 2 rings (SSSR count). The summed E-state index contributed by atoms with van der Waals surface area (Å²) in [6.07, 6.45) is 1.30. The Balaban J connectivity index is 2.26. The number of nitrogens with zero attached hydrogens (tertiary/aromatic N) is 4. The number of aryl methyl sites for hydroxylation is 1. The van der Waals surface area contributed by atoms with Gasteiger partial charge in [-0.2, -0.15) is 0 Å². The molecule has 0 saturated carbocycles. The van der Waals surface area contributed by atoms with Crippen LogP contribution in [0.3, 0.4) is 0 Å². The Labute approximate surface area is 104 Å². The van der Waals surface area contributed by atoms with Gasteiger partial charge >= 0.3 is 0 Å². The van der Waals surface area contributed by atoms with Crippen LogP contribution < -0.4 is 4.72 Å². The summed E-state index contributed by atoms with van der Waals surface area (Å²) in [5, 5.41) is 10.8. The molecule has 1 aromatic carbocycles. The fourth-order valence-electron chi connectivity index (χ4n) is 1.24. The van der Waals surface area contributed by atoms with Crippen molar-refractivity contribution in [3.8, 4) is 0 Å². The second kappa shape index (κ2) is 4.57. The molecule has 0 saturated heterocycles. The molecule has 1 heterocycles. The summed E-state index contributed by atoms with van der Waals surface area (Å²) < 4.78 is 26.1. The van der Waals surface area contributed by atoms with Gasteiger partial charge in [0.25, 0.3) is 16.0 Å². The van der Waals surface area contributed by atoms with Gasteiger partial charge in [-0.25, -0.2) is 13.1 Å². The summed E-state index contributed by atoms with van der Waals surface area (Å²) in [5.74, 6) is -0.101. The number of sulfonamides is 1. The number of tetrazole rings is 1. The molecule has 0 radical (unpaired) electrons. The fourth-order valence-corrected chi connectivity index (χ4v) is 2.17. The number of hydrogen-bond acceptors (Lipinski definition) is 5. The standard InChI is InChI=1S/C10H11N5O2S/c1-3-15-12-10(11-14-15)13-18(16,17)9-6-4-8(2)5-7-9/h3-7H,1H2,2H3,(H,12,13). The SMILES string of the molecule is C=Cn1nnc(NS(=O)(=O)c2ccc(C)cc2)n1. The molecule has 7 nitrogen and oxygen atoms in total. The van der Waals surface area contributed by atoms with E-state index in [-0.39, 0.29) is 10.8 Å². The molecule has 1 aromatic heterocycles. The molecule has 0 aliphatic rings. The van der Waals surface area contributed by atoms with Crippen LogP contribution in [-0.2, 0) is 10.0 Å². The molecule has 18 heavy (non-hydrogen) atoms. The van der Waals surface area contributed by atoms with Crippen molar-refractivity contribution in [1.29, 1.82) is 0 Å². The van der Waals surface area contributed by atoms with Crippen molar-refractivity contribution < 1.29 is 8.42 Å². The Hall–Kier alpha value is -2.22. The minimum Gasteiger partial charge on any atom is -0.245 e. The van der Waals surface area contributed by atoms with E-state index in [9.17, 15) is 8.42 Å².